The van der Waals surface area contributed by atoms with E-state index in [1.54, 1.807) is 0 Å². The predicted molar refractivity (Wildman–Crippen MR) is 352 cm³/mol. The van der Waals surface area contributed by atoms with E-state index >= 15 is 0 Å². The van der Waals surface area contributed by atoms with Crippen LogP contribution in [0.5, 0.6) is 69.0 Å². The molecule has 449 valence electrons. The van der Waals surface area contributed by atoms with Crippen LogP contribution in [-0.4, -0.2) is 0 Å². The fourth-order valence-corrected chi connectivity index (χ4v) is 11.2. The van der Waals surface area contributed by atoms with Gasteiger partial charge in [0.25, 0.3) is 0 Å². The minimum absolute atomic E-state index is 0.656. The van der Waals surface area contributed by atoms with Gasteiger partial charge in [-0.25, -0.2) is 0 Å². The Morgan fingerprint density at radius 3 is 0.348 bits per heavy atom. The van der Waals surface area contributed by atoms with E-state index in [2.05, 4.69) is 0 Å². The van der Waals surface area contributed by atoms with Crippen molar-refractivity contribution in [2.24, 2.45) is 0 Å². The van der Waals surface area contributed by atoms with Crippen molar-refractivity contribution in [1.29, 1.82) is 0 Å². The molecule has 17 heteroatoms. The summed E-state index contributed by atoms with van der Waals surface area (Å²) in [6, 6.07) is 112. The molecule has 0 heterocycles. The van der Waals surface area contributed by atoms with Gasteiger partial charge in [-0.15, -0.1) is 0 Å². The van der Waals surface area contributed by atoms with Crippen LogP contribution < -0.4 is 58.8 Å². The summed E-state index contributed by atoms with van der Waals surface area (Å²) in [5.74, 6) is 8.42. The standard InChI is InChI=1S/3C18H15O3P.C18H14O3P.Ni/c4*1-4-10-16(11-5-1)19-22(20-17-12-6-2-7-13-17)21-18-14-8-3-9-15-18;/h3*1-15H;1-2,4-15H;. The molecule has 0 saturated heterocycles. The van der Waals surface area contributed by atoms with Crippen molar-refractivity contribution in [3.63, 3.8) is 0 Å². The summed E-state index contributed by atoms with van der Waals surface area (Å²) >= 11 is 4.78. The van der Waals surface area contributed by atoms with E-state index in [1.165, 1.54) is 0 Å². The van der Waals surface area contributed by atoms with Crippen LogP contribution in [-0.2, 0) is 15.5 Å². The molecule has 0 spiro atoms. The van der Waals surface area contributed by atoms with E-state index in [0.717, 1.165) is 4.53 Å². The van der Waals surface area contributed by atoms with E-state index in [1.807, 2.05) is 358 Å². The molecule has 0 aliphatic heterocycles. The molecular weight excluding hydrogens is 1240 g/mol. The van der Waals surface area contributed by atoms with E-state index < -0.39 is 34.4 Å². The second-order valence-electron chi connectivity index (χ2n) is 17.9. The van der Waals surface area contributed by atoms with Gasteiger partial charge in [0.05, 0.1) is 0 Å². The van der Waals surface area contributed by atoms with Gasteiger partial charge in [-0.1, -0.05) is 164 Å². The molecule has 0 aromatic heterocycles. The minimum Gasteiger partial charge on any atom is -0.409 e. The molecule has 12 aromatic carbocycles. The van der Waals surface area contributed by atoms with Gasteiger partial charge in [0.2, 0.25) is 0 Å². The predicted octanol–water partition coefficient (Wildman–Crippen LogP) is 21.0. The quantitative estimate of drug-likeness (QED) is 0.0424. The average molecular weight is 1300 g/mol. The largest absolute Gasteiger partial charge is 0.530 e. The van der Waals surface area contributed by atoms with Gasteiger partial charge in [0.15, 0.2) is 0 Å². The number of rotatable bonds is 24. The summed E-state index contributed by atoms with van der Waals surface area (Å²) in [6.07, 6.45) is 0. The van der Waals surface area contributed by atoms with E-state index in [-0.39, 0.29) is 0 Å². The zero-order chi connectivity index (χ0) is 61.0. The molecule has 0 bridgehead atoms. The first kappa shape index (κ1) is 63.9. The number of hydrogen-bond donors (Lipinski definition) is 0. The maximum Gasteiger partial charge on any atom is 0.530 e. The SMILES string of the molecule is [Ni][c]1ccc(OP(Oc2ccccc2)Oc2ccccc2)cc1.c1ccc(OP(Oc2ccccc2)Oc2ccccc2)cc1.c1ccc(OP(Oc2ccccc2)Oc2ccccc2)cc1.c1ccc(OP(Oc2ccccc2)Oc2ccccc2)cc1. The van der Waals surface area contributed by atoms with Crippen molar-refractivity contribution in [3.8, 4) is 69.0 Å². The number of benzene rings is 12. The molecule has 0 radical (unpaired) electrons. The second kappa shape index (κ2) is 37.2. The Morgan fingerprint density at radius 2 is 0.236 bits per heavy atom. The molecule has 12 aromatic rings. The molecule has 0 unspecified atom stereocenters. The van der Waals surface area contributed by atoms with Crippen LogP contribution in [0.2, 0.25) is 0 Å². The molecule has 0 fully saturated rings. The Labute approximate surface area is 532 Å². The summed E-state index contributed by atoms with van der Waals surface area (Å²) < 4.78 is 70.9. The Balaban J connectivity index is 0.000000141. The molecule has 0 saturated carbocycles. The monoisotopic (exact) mass is 1300 g/mol. The molecule has 0 N–H and O–H groups in total. The molecule has 89 heavy (non-hydrogen) atoms. The van der Waals surface area contributed by atoms with Crippen molar-refractivity contribution in [3.05, 3.63) is 358 Å². The van der Waals surface area contributed by atoms with Crippen molar-refractivity contribution in [2.75, 3.05) is 0 Å². The summed E-state index contributed by atoms with van der Waals surface area (Å²) in [5, 5.41) is 0. The fraction of sp³-hybridized carbons (Fsp3) is 0. The van der Waals surface area contributed by atoms with Gasteiger partial charge in [0.1, 0.15) is 51.7 Å². The van der Waals surface area contributed by atoms with Crippen LogP contribution in [0.25, 0.3) is 0 Å². The molecular formula is C72H59NiO12P4. The summed E-state index contributed by atoms with van der Waals surface area (Å²) in [6.45, 7) is 0. The first-order valence-electron chi connectivity index (χ1n) is 27.6. The zero-order valence-electron chi connectivity index (χ0n) is 47.6. The maximum atomic E-state index is 5.86. The smallest absolute Gasteiger partial charge is 0.409 e. The molecule has 0 atom stereocenters. The topological polar surface area (TPSA) is 111 Å². The van der Waals surface area contributed by atoms with Crippen molar-refractivity contribution in [1.82, 2.24) is 0 Å². The van der Waals surface area contributed by atoms with Gasteiger partial charge in [-0.3, -0.25) is 0 Å². The maximum absolute atomic E-state index is 5.86. The third-order valence-corrected chi connectivity index (χ3v) is 15.8. The normalized spacial score (nSPS) is 10.3. The van der Waals surface area contributed by atoms with Crippen LogP contribution in [0.1, 0.15) is 0 Å². The Morgan fingerprint density at radius 1 is 0.135 bits per heavy atom. The molecule has 0 aliphatic rings. The van der Waals surface area contributed by atoms with Crippen LogP contribution in [0.4, 0.5) is 0 Å². The minimum atomic E-state index is -1.63. The van der Waals surface area contributed by atoms with Crippen molar-refractivity contribution in [2.45, 2.75) is 0 Å². The number of hydrogen-bond acceptors (Lipinski definition) is 12. The molecule has 0 amide bonds. The van der Waals surface area contributed by atoms with Gasteiger partial charge in [-0.2, -0.15) is 0 Å². The van der Waals surface area contributed by atoms with Gasteiger partial charge < -0.3 is 40.7 Å². The van der Waals surface area contributed by atoms with E-state index in [9.17, 15) is 0 Å². The molecule has 12 nitrogen and oxygen atoms in total. The Bertz CT molecular complexity index is 3120. The van der Waals surface area contributed by atoms with Crippen LogP contribution in [0.15, 0.2) is 358 Å². The van der Waals surface area contributed by atoms with Gasteiger partial charge >= 0.3 is 170 Å². The third kappa shape index (κ3) is 24.6. The van der Waals surface area contributed by atoms with E-state index in [4.69, 9.17) is 69.7 Å². The van der Waals surface area contributed by atoms with Crippen LogP contribution >= 0.6 is 34.4 Å². The first-order valence-corrected chi connectivity index (χ1v) is 32.5. The van der Waals surface area contributed by atoms with Gasteiger partial charge in [-0.05, 0) is 109 Å². The Kier molecular flexibility index (Phi) is 26.7. The summed E-state index contributed by atoms with van der Waals surface area (Å²) in [7, 11) is -6.40. The van der Waals surface area contributed by atoms with Crippen molar-refractivity contribution < 1.29 is 69.7 Å². The summed E-state index contributed by atoms with van der Waals surface area (Å²) in [5.41, 5.74) is 0. The van der Waals surface area contributed by atoms with Crippen molar-refractivity contribution >= 4 is 38.9 Å². The van der Waals surface area contributed by atoms with Crippen LogP contribution in [0, 0.1) is 0 Å². The average Bonchev–Trinajstić information content (AvgIpc) is 3.73. The third-order valence-electron chi connectivity index (χ3n) is 11.1. The number of para-hydroxylation sites is 11. The second-order valence-corrected chi connectivity index (χ2v) is 22.4. The molecule has 0 aliphatic carbocycles. The Hall–Kier alpha value is -9.55. The molecule has 12 rings (SSSR count). The first-order chi connectivity index (χ1) is 44.0. The zero-order valence-corrected chi connectivity index (χ0v) is 52.1. The summed E-state index contributed by atoms with van der Waals surface area (Å²) in [4.78, 5) is 0. The van der Waals surface area contributed by atoms with Gasteiger partial charge in [0, 0.05) is 0 Å². The van der Waals surface area contributed by atoms with E-state index in [0.29, 0.717) is 69.0 Å². The van der Waals surface area contributed by atoms with Crippen LogP contribution in [0.3, 0.4) is 0 Å². The fourth-order valence-electron chi connectivity index (χ4n) is 7.04.